The summed E-state index contributed by atoms with van der Waals surface area (Å²) in [6.07, 6.45) is 0. The Morgan fingerprint density at radius 1 is 1.04 bits per heavy atom. The molecule has 3 rings (SSSR count). The molecule has 0 spiro atoms. The number of amides is 2. The first-order chi connectivity index (χ1) is 13.4. The second kappa shape index (κ2) is 8.81. The number of nitrogens with one attached hydrogen (secondary N) is 2. The van der Waals surface area contributed by atoms with Gasteiger partial charge in [-0.15, -0.1) is 0 Å². The summed E-state index contributed by atoms with van der Waals surface area (Å²) in [7, 11) is 0. The molecule has 0 saturated heterocycles. The number of carbonyl (C=O) groups is 2. The Labute approximate surface area is 175 Å². The summed E-state index contributed by atoms with van der Waals surface area (Å²) in [5.41, 5.74) is 6.20. The number of fused-ring (bicyclic) bond motifs is 1. The van der Waals surface area contributed by atoms with Crippen molar-refractivity contribution in [2.75, 3.05) is 11.9 Å². The number of ether oxygens (including phenoxy) is 1. The molecule has 0 radical (unpaired) electrons. The molecular formula is C20H16BrN3O3S. The number of benzene rings is 3. The lowest BCUT2D eigenvalue weighted by molar-refractivity contribution is -0.121. The van der Waals surface area contributed by atoms with Crippen LogP contribution in [0.2, 0.25) is 0 Å². The largest absolute Gasteiger partial charge is 0.483 e. The maximum Gasteiger partial charge on any atom is 0.264 e. The van der Waals surface area contributed by atoms with Gasteiger partial charge >= 0.3 is 0 Å². The topological polar surface area (TPSA) is 93.5 Å². The van der Waals surface area contributed by atoms with E-state index in [9.17, 15) is 9.59 Å². The lowest BCUT2D eigenvalue weighted by atomic mass is 10.1. The zero-order valence-electron chi connectivity index (χ0n) is 14.6. The number of nitrogens with two attached hydrogens (primary N) is 1. The van der Waals surface area contributed by atoms with Crippen LogP contribution >= 0.6 is 28.1 Å². The molecule has 0 saturated carbocycles. The SMILES string of the molecule is NC(=O)c1ccc(NC(=S)NC(=O)COc2ccc3ccccc3c2Br)cc1. The quantitative estimate of drug-likeness (QED) is 0.509. The van der Waals surface area contributed by atoms with E-state index in [2.05, 4.69) is 26.6 Å². The molecule has 0 heterocycles. The van der Waals surface area contributed by atoms with Gasteiger partial charge in [0.1, 0.15) is 5.75 Å². The van der Waals surface area contributed by atoms with Crippen LogP contribution in [0.5, 0.6) is 5.75 Å². The molecule has 2 amide bonds. The summed E-state index contributed by atoms with van der Waals surface area (Å²) < 4.78 is 6.39. The number of rotatable bonds is 5. The Balaban J connectivity index is 1.54. The van der Waals surface area contributed by atoms with Crippen molar-refractivity contribution in [1.82, 2.24) is 5.32 Å². The molecule has 0 atom stereocenters. The summed E-state index contributed by atoms with van der Waals surface area (Å²) in [5.74, 6) is -0.347. The number of hydrogen-bond donors (Lipinski definition) is 3. The molecule has 6 nitrogen and oxygen atoms in total. The van der Waals surface area contributed by atoms with Gasteiger partial charge in [-0.25, -0.2) is 0 Å². The predicted molar refractivity (Wildman–Crippen MR) is 116 cm³/mol. The van der Waals surface area contributed by atoms with Gasteiger partial charge in [-0.1, -0.05) is 30.3 Å². The Morgan fingerprint density at radius 3 is 2.46 bits per heavy atom. The monoisotopic (exact) mass is 457 g/mol. The zero-order chi connectivity index (χ0) is 20.1. The highest BCUT2D eigenvalue weighted by Crippen LogP contribution is 2.32. The third kappa shape index (κ3) is 4.85. The number of anilines is 1. The third-order valence-electron chi connectivity index (χ3n) is 3.87. The van der Waals surface area contributed by atoms with E-state index < -0.39 is 11.8 Å². The minimum atomic E-state index is -0.514. The Hall–Kier alpha value is -2.97. The van der Waals surface area contributed by atoms with E-state index in [4.69, 9.17) is 22.7 Å². The van der Waals surface area contributed by atoms with E-state index in [1.807, 2.05) is 30.3 Å². The fourth-order valence-corrected chi connectivity index (χ4v) is 3.35. The van der Waals surface area contributed by atoms with Crippen molar-refractivity contribution in [3.05, 3.63) is 70.7 Å². The highest BCUT2D eigenvalue weighted by molar-refractivity contribution is 9.10. The normalized spacial score (nSPS) is 10.3. The van der Waals surface area contributed by atoms with Crippen molar-refractivity contribution < 1.29 is 14.3 Å². The first kappa shape index (κ1) is 19.8. The molecule has 4 N–H and O–H groups in total. The highest BCUT2D eigenvalue weighted by Gasteiger charge is 2.10. The molecule has 142 valence electrons. The van der Waals surface area contributed by atoms with Crippen LogP contribution in [0.15, 0.2) is 65.1 Å². The molecule has 0 aliphatic rings. The molecule has 3 aromatic carbocycles. The van der Waals surface area contributed by atoms with E-state index in [1.165, 1.54) is 0 Å². The molecule has 3 aromatic rings. The predicted octanol–water partition coefficient (Wildman–Crippen LogP) is 3.59. The smallest absolute Gasteiger partial charge is 0.264 e. The van der Waals surface area contributed by atoms with Crippen LogP contribution in [0, 0.1) is 0 Å². The first-order valence-electron chi connectivity index (χ1n) is 8.25. The molecule has 0 aromatic heterocycles. The van der Waals surface area contributed by atoms with E-state index in [1.54, 1.807) is 30.3 Å². The zero-order valence-corrected chi connectivity index (χ0v) is 17.0. The van der Waals surface area contributed by atoms with Crippen molar-refractivity contribution in [2.45, 2.75) is 0 Å². The standard InChI is InChI=1S/C20H16BrN3O3S/c21-18-15-4-2-1-3-12(15)7-10-16(18)27-11-17(25)24-20(28)23-14-8-5-13(6-9-14)19(22)26/h1-10H,11H2,(H2,22,26)(H2,23,24,25,28). The van der Waals surface area contributed by atoms with E-state index in [-0.39, 0.29) is 11.7 Å². The van der Waals surface area contributed by atoms with Crippen molar-refractivity contribution in [3.8, 4) is 5.75 Å². The van der Waals surface area contributed by atoms with Crippen LogP contribution in [0.1, 0.15) is 10.4 Å². The van der Waals surface area contributed by atoms with Gasteiger partial charge in [0.2, 0.25) is 5.91 Å². The summed E-state index contributed by atoms with van der Waals surface area (Å²) in [6.45, 7) is -0.195. The summed E-state index contributed by atoms with van der Waals surface area (Å²) in [5, 5.41) is 7.59. The van der Waals surface area contributed by atoms with Crippen molar-refractivity contribution in [1.29, 1.82) is 0 Å². The van der Waals surface area contributed by atoms with Crippen LogP contribution in [0.3, 0.4) is 0 Å². The summed E-state index contributed by atoms with van der Waals surface area (Å²) in [6, 6.07) is 18.0. The lowest BCUT2D eigenvalue weighted by Gasteiger charge is -2.12. The average molecular weight is 458 g/mol. The maximum absolute atomic E-state index is 12.1. The number of primary amides is 1. The fourth-order valence-electron chi connectivity index (χ4n) is 2.51. The van der Waals surface area contributed by atoms with Crippen LogP contribution in [-0.4, -0.2) is 23.5 Å². The van der Waals surface area contributed by atoms with Crippen LogP contribution < -0.4 is 21.1 Å². The van der Waals surface area contributed by atoms with Gasteiger partial charge in [0, 0.05) is 11.3 Å². The number of thiocarbonyl (C=S) groups is 1. The molecule has 8 heteroatoms. The number of halogens is 1. The minimum absolute atomic E-state index is 0.123. The fraction of sp³-hybridized carbons (Fsp3) is 0.0500. The Bertz CT molecular complexity index is 1050. The van der Waals surface area contributed by atoms with E-state index >= 15 is 0 Å². The summed E-state index contributed by atoms with van der Waals surface area (Å²) >= 11 is 8.63. The maximum atomic E-state index is 12.1. The highest BCUT2D eigenvalue weighted by atomic mass is 79.9. The van der Waals surface area contributed by atoms with E-state index in [0.29, 0.717) is 17.0 Å². The minimum Gasteiger partial charge on any atom is -0.483 e. The van der Waals surface area contributed by atoms with E-state index in [0.717, 1.165) is 15.2 Å². The molecule has 28 heavy (non-hydrogen) atoms. The lowest BCUT2D eigenvalue weighted by Crippen LogP contribution is -2.37. The third-order valence-corrected chi connectivity index (χ3v) is 4.89. The second-order valence-electron chi connectivity index (χ2n) is 5.83. The van der Waals surface area contributed by atoms with Crippen LogP contribution in [-0.2, 0) is 4.79 Å². The summed E-state index contributed by atoms with van der Waals surface area (Å²) in [4.78, 5) is 23.2. The van der Waals surface area contributed by atoms with Crippen molar-refractivity contribution in [3.63, 3.8) is 0 Å². The number of carbonyl (C=O) groups excluding carboxylic acids is 2. The van der Waals surface area contributed by atoms with Gasteiger partial charge in [-0.2, -0.15) is 0 Å². The van der Waals surface area contributed by atoms with Gasteiger partial charge < -0.3 is 15.8 Å². The second-order valence-corrected chi connectivity index (χ2v) is 7.03. The van der Waals surface area contributed by atoms with Gasteiger partial charge in [0.15, 0.2) is 11.7 Å². The average Bonchev–Trinajstić information content (AvgIpc) is 2.68. The molecule has 0 fully saturated rings. The van der Waals surface area contributed by atoms with Crippen molar-refractivity contribution >= 4 is 61.5 Å². The first-order valence-corrected chi connectivity index (χ1v) is 9.45. The van der Waals surface area contributed by atoms with Gasteiger partial charge in [-0.05, 0) is 69.3 Å². The van der Waals surface area contributed by atoms with Gasteiger partial charge in [-0.3, -0.25) is 14.9 Å². The van der Waals surface area contributed by atoms with Crippen LogP contribution in [0.25, 0.3) is 10.8 Å². The van der Waals surface area contributed by atoms with Crippen LogP contribution in [0.4, 0.5) is 5.69 Å². The Morgan fingerprint density at radius 2 is 1.75 bits per heavy atom. The number of hydrogen-bond acceptors (Lipinski definition) is 4. The Kier molecular flexibility index (Phi) is 6.23. The van der Waals surface area contributed by atoms with Gasteiger partial charge in [0.05, 0.1) is 4.47 Å². The van der Waals surface area contributed by atoms with Crippen molar-refractivity contribution in [2.24, 2.45) is 5.73 Å². The molecule has 0 aliphatic heterocycles. The molecular weight excluding hydrogens is 442 g/mol. The molecule has 0 bridgehead atoms. The van der Waals surface area contributed by atoms with Gasteiger partial charge in [0.25, 0.3) is 5.91 Å². The molecule has 0 aliphatic carbocycles. The molecule has 0 unspecified atom stereocenters.